The Labute approximate surface area is 94.1 Å². The van der Waals surface area contributed by atoms with E-state index in [-0.39, 0.29) is 5.54 Å². The number of nitrogens with zero attached hydrogens (tertiary/aromatic N) is 1. The van der Waals surface area contributed by atoms with Crippen molar-refractivity contribution in [2.45, 2.75) is 52.5 Å². The van der Waals surface area contributed by atoms with E-state index in [1.165, 1.54) is 12.8 Å². The van der Waals surface area contributed by atoms with Crippen molar-refractivity contribution < 1.29 is 0 Å². The Morgan fingerprint density at radius 3 is 2.60 bits per heavy atom. The predicted octanol–water partition coefficient (Wildman–Crippen LogP) is 2.95. The molecular weight excluding hydrogens is 184 g/mol. The van der Waals surface area contributed by atoms with Gasteiger partial charge in [-0.3, -0.25) is 5.32 Å². The SMILES string of the molecule is CC(C)CNC1(C#N)CCC(C)CC1C. The topological polar surface area (TPSA) is 35.8 Å². The lowest BCUT2D eigenvalue weighted by molar-refractivity contribution is 0.168. The molecule has 15 heavy (non-hydrogen) atoms. The van der Waals surface area contributed by atoms with Gasteiger partial charge in [0.1, 0.15) is 5.54 Å². The molecular formula is C13H24N2. The summed E-state index contributed by atoms with van der Waals surface area (Å²) >= 11 is 0. The minimum absolute atomic E-state index is 0.253. The molecule has 1 aliphatic carbocycles. The molecule has 0 amide bonds. The van der Waals surface area contributed by atoms with Crippen LogP contribution in [0.15, 0.2) is 0 Å². The van der Waals surface area contributed by atoms with Crippen LogP contribution in [0.1, 0.15) is 47.0 Å². The van der Waals surface area contributed by atoms with Gasteiger partial charge in [0.05, 0.1) is 6.07 Å². The van der Waals surface area contributed by atoms with Gasteiger partial charge < -0.3 is 0 Å². The molecule has 0 aliphatic heterocycles. The molecule has 1 rings (SSSR count). The van der Waals surface area contributed by atoms with Crippen molar-refractivity contribution in [2.24, 2.45) is 17.8 Å². The summed E-state index contributed by atoms with van der Waals surface area (Å²) in [5.41, 5.74) is -0.253. The molecule has 0 spiro atoms. The molecule has 1 N–H and O–H groups in total. The number of nitrogens with one attached hydrogen (secondary N) is 1. The van der Waals surface area contributed by atoms with E-state index in [2.05, 4.69) is 39.1 Å². The molecule has 0 aromatic rings. The van der Waals surface area contributed by atoms with E-state index in [1.54, 1.807) is 0 Å². The maximum Gasteiger partial charge on any atom is 0.109 e. The second-order valence-corrected chi connectivity index (χ2v) is 5.64. The van der Waals surface area contributed by atoms with Crippen molar-refractivity contribution in [1.29, 1.82) is 5.26 Å². The quantitative estimate of drug-likeness (QED) is 0.774. The highest BCUT2D eigenvalue weighted by Crippen LogP contribution is 2.36. The van der Waals surface area contributed by atoms with Gasteiger partial charge in [-0.2, -0.15) is 5.26 Å². The van der Waals surface area contributed by atoms with Crippen LogP contribution < -0.4 is 5.32 Å². The third-order valence-corrected chi connectivity index (χ3v) is 3.65. The van der Waals surface area contributed by atoms with Crippen LogP contribution in [0.4, 0.5) is 0 Å². The van der Waals surface area contributed by atoms with Gasteiger partial charge in [0.15, 0.2) is 0 Å². The smallest absolute Gasteiger partial charge is 0.109 e. The zero-order valence-corrected chi connectivity index (χ0v) is 10.5. The molecule has 0 aromatic carbocycles. The van der Waals surface area contributed by atoms with Crippen LogP contribution in [0.3, 0.4) is 0 Å². The first-order chi connectivity index (χ1) is 7.00. The van der Waals surface area contributed by atoms with Gasteiger partial charge in [-0.1, -0.05) is 27.7 Å². The summed E-state index contributed by atoms with van der Waals surface area (Å²) in [7, 11) is 0. The molecule has 1 aliphatic rings. The van der Waals surface area contributed by atoms with Crippen molar-refractivity contribution >= 4 is 0 Å². The zero-order chi connectivity index (χ0) is 11.5. The van der Waals surface area contributed by atoms with Crippen LogP contribution in [0.5, 0.6) is 0 Å². The number of nitriles is 1. The van der Waals surface area contributed by atoms with Crippen molar-refractivity contribution in [1.82, 2.24) is 5.32 Å². The summed E-state index contributed by atoms with van der Waals surface area (Å²) in [6.07, 6.45) is 3.38. The number of hydrogen-bond donors (Lipinski definition) is 1. The average molecular weight is 208 g/mol. The lowest BCUT2D eigenvalue weighted by Crippen LogP contribution is -2.53. The van der Waals surface area contributed by atoms with Crippen LogP contribution >= 0.6 is 0 Å². The van der Waals surface area contributed by atoms with E-state index in [0.717, 1.165) is 18.9 Å². The highest BCUT2D eigenvalue weighted by atomic mass is 15.0. The fourth-order valence-corrected chi connectivity index (χ4v) is 2.50. The maximum absolute atomic E-state index is 9.40. The van der Waals surface area contributed by atoms with E-state index in [9.17, 15) is 5.26 Å². The molecule has 0 radical (unpaired) electrons. The monoisotopic (exact) mass is 208 g/mol. The lowest BCUT2D eigenvalue weighted by Gasteiger charge is -2.40. The Hall–Kier alpha value is -0.550. The van der Waals surface area contributed by atoms with Crippen molar-refractivity contribution in [3.05, 3.63) is 0 Å². The molecule has 86 valence electrons. The van der Waals surface area contributed by atoms with E-state index in [1.807, 2.05) is 0 Å². The molecule has 1 saturated carbocycles. The van der Waals surface area contributed by atoms with Crippen molar-refractivity contribution in [3.63, 3.8) is 0 Å². The molecule has 2 heteroatoms. The first-order valence-electron chi connectivity index (χ1n) is 6.16. The second kappa shape index (κ2) is 4.99. The van der Waals surface area contributed by atoms with Crippen LogP contribution in [0.25, 0.3) is 0 Å². The Bertz CT molecular complexity index is 241. The summed E-state index contributed by atoms with van der Waals surface area (Å²) in [5, 5.41) is 12.9. The van der Waals surface area contributed by atoms with E-state index in [0.29, 0.717) is 11.8 Å². The molecule has 3 atom stereocenters. The van der Waals surface area contributed by atoms with E-state index in [4.69, 9.17) is 0 Å². The highest BCUT2D eigenvalue weighted by molar-refractivity contribution is 5.12. The fraction of sp³-hybridized carbons (Fsp3) is 0.923. The minimum Gasteiger partial charge on any atom is -0.299 e. The van der Waals surface area contributed by atoms with Crippen LogP contribution in [0, 0.1) is 29.1 Å². The second-order valence-electron chi connectivity index (χ2n) is 5.64. The van der Waals surface area contributed by atoms with Crippen LogP contribution in [-0.2, 0) is 0 Å². The number of hydrogen-bond acceptors (Lipinski definition) is 2. The van der Waals surface area contributed by atoms with Crippen LogP contribution in [0.2, 0.25) is 0 Å². The summed E-state index contributed by atoms with van der Waals surface area (Å²) in [5.74, 6) is 1.87. The molecule has 2 nitrogen and oxygen atoms in total. The van der Waals surface area contributed by atoms with Crippen LogP contribution in [-0.4, -0.2) is 12.1 Å². The van der Waals surface area contributed by atoms with Gasteiger partial charge in [0.25, 0.3) is 0 Å². The van der Waals surface area contributed by atoms with E-state index >= 15 is 0 Å². The Morgan fingerprint density at radius 2 is 2.13 bits per heavy atom. The third kappa shape index (κ3) is 2.95. The van der Waals surface area contributed by atoms with Crippen molar-refractivity contribution in [3.8, 4) is 6.07 Å². The molecule has 0 aromatic heterocycles. The summed E-state index contributed by atoms with van der Waals surface area (Å²) < 4.78 is 0. The first kappa shape index (κ1) is 12.5. The molecule has 0 saturated heterocycles. The van der Waals surface area contributed by atoms with Gasteiger partial charge >= 0.3 is 0 Å². The third-order valence-electron chi connectivity index (χ3n) is 3.65. The maximum atomic E-state index is 9.40. The highest BCUT2D eigenvalue weighted by Gasteiger charge is 2.40. The molecule has 3 unspecified atom stereocenters. The van der Waals surface area contributed by atoms with E-state index < -0.39 is 0 Å². The van der Waals surface area contributed by atoms with Gasteiger partial charge in [-0.25, -0.2) is 0 Å². The van der Waals surface area contributed by atoms with Gasteiger partial charge in [0, 0.05) is 0 Å². The largest absolute Gasteiger partial charge is 0.299 e. The van der Waals surface area contributed by atoms with Crippen molar-refractivity contribution in [2.75, 3.05) is 6.54 Å². The molecule has 0 bridgehead atoms. The fourth-order valence-electron chi connectivity index (χ4n) is 2.50. The first-order valence-corrected chi connectivity index (χ1v) is 6.16. The standard InChI is InChI=1S/C13H24N2/c1-10(2)8-15-13(9-14)6-5-11(3)7-12(13)4/h10-12,15H,5-8H2,1-4H3. The zero-order valence-electron chi connectivity index (χ0n) is 10.5. The van der Waals surface area contributed by atoms with Gasteiger partial charge in [0.2, 0.25) is 0 Å². The summed E-state index contributed by atoms with van der Waals surface area (Å²) in [6, 6.07) is 2.53. The molecule has 1 fully saturated rings. The molecule has 0 heterocycles. The number of rotatable bonds is 3. The Morgan fingerprint density at radius 1 is 1.47 bits per heavy atom. The Kier molecular flexibility index (Phi) is 4.16. The predicted molar refractivity (Wildman–Crippen MR) is 63.4 cm³/mol. The van der Waals surface area contributed by atoms with Gasteiger partial charge in [-0.15, -0.1) is 0 Å². The van der Waals surface area contributed by atoms with Gasteiger partial charge in [-0.05, 0) is 43.6 Å². The summed E-state index contributed by atoms with van der Waals surface area (Å²) in [4.78, 5) is 0. The summed E-state index contributed by atoms with van der Waals surface area (Å²) in [6.45, 7) is 9.83. The lowest BCUT2D eigenvalue weighted by atomic mass is 9.70. The average Bonchev–Trinajstić information content (AvgIpc) is 2.17. The normalized spacial score (nSPS) is 36.5. The Balaban J connectivity index is 2.64. The minimum atomic E-state index is -0.253.